The maximum absolute atomic E-state index is 11.8. The summed E-state index contributed by atoms with van der Waals surface area (Å²) in [4.78, 5) is 12.9. The normalized spacial score (nSPS) is 14.8. The minimum Gasteiger partial charge on any atom is -0.347 e. The standard InChI is InChI=1S/C12H20N2OS/c1-8(2)7-10(13)12(15)14-9(3)11-5-4-6-16-11/h4-6,8-10H,7,13H2,1-3H3,(H,14,15). The SMILES string of the molecule is CC(C)CC(N)C(=O)NC(C)c1cccs1. The number of carbonyl (C=O) groups is 1. The number of nitrogens with two attached hydrogens (primary N) is 1. The smallest absolute Gasteiger partial charge is 0.237 e. The monoisotopic (exact) mass is 240 g/mol. The van der Waals surface area contributed by atoms with Crippen molar-refractivity contribution in [1.82, 2.24) is 5.32 Å². The highest BCUT2D eigenvalue weighted by Crippen LogP contribution is 2.18. The van der Waals surface area contributed by atoms with Crippen LogP contribution in [0, 0.1) is 5.92 Å². The largest absolute Gasteiger partial charge is 0.347 e. The van der Waals surface area contributed by atoms with E-state index < -0.39 is 6.04 Å². The second kappa shape index (κ2) is 6.01. The number of amides is 1. The van der Waals surface area contributed by atoms with Gasteiger partial charge >= 0.3 is 0 Å². The van der Waals surface area contributed by atoms with Crippen LogP contribution in [-0.4, -0.2) is 11.9 Å². The highest BCUT2D eigenvalue weighted by atomic mass is 32.1. The zero-order chi connectivity index (χ0) is 12.1. The van der Waals surface area contributed by atoms with Crippen LogP contribution in [0.2, 0.25) is 0 Å². The van der Waals surface area contributed by atoms with Gasteiger partial charge in [-0.25, -0.2) is 0 Å². The van der Waals surface area contributed by atoms with Crippen LogP contribution in [0.5, 0.6) is 0 Å². The molecule has 1 amide bonds. The Morgan fingerprint density at radius 1 is 1.50 bits per heavy atom. The van der Waals surface area contributed by atoms with E-state index in [1.807, 2.05) is 24.4 Å². The fraction of sp³-hybridized carbons (Fsp3) is 0.583. The molecule has 3 nitrogen and oxygen atoms in total. The summed E-state index contributed by atoms with van der Waals surface area (Å²) in [5, 5.41) is 4.94. The molecule has 0 fully saturated rings. The molecule has 16 heavy (non-hydrogen) atoms. The first kappa shape index (κ1) is 13.2. The molecule has 0 bridgehead atoms. The van der Waals surface area contributed by atoms with E-state index in [0.29, 0.717) is 5.92 Å². The van der Waals surface area contributed by atoms with Crippen LogP contribution in [0.3, 0.4) is 0 Å². The van der Waals surface area contributed by atoms with Crippen molar-refractivity contribution in [2.45, 2.75) is 39.3 Å². The van der Waals surface area contributed by atoms with Crippen molar-refractivity contribution in [2.75, 3.05) is 0 Å². The third-order valence-electron chi connectivity index (χ3n) is 2.39. The molecule has 1 heterocycles. The van der Waals surface area contributed by atoms with Crippen molar-refractivity contribution in [3.8, 4) is 0 Å². The predicted molar refractivity (Wildman–Crippen MR) is 68.3 cm³/mol. The number of thiophene rings is 1. The Morgan fingerprint density at radius 2 is 2.19 bits per heavy atom. The number of carbonyl (C=O) groups excluding carboxylic acids is 1. The van der Waals surface area contributed by atoms with Crippen molar-refractivity contribution in [3.63, 3.8) is 0 Å². The Labute approximate surface area is 101 Å². The molecule has 90 valence electrons. The highest BCUT2D eigenvalue weighted by molar-refractivity contribution is 7.10. The molecule has 1 rings (SSSR count). The molecule has 0 saturated heterocycles. The van der Waals surface area contributed by atoms with Crippen LogP contribution in [0.15, 0.2) is 17.5 Å². The average molecular weight is 240 g/mol. The molecule has 0 aliphatic heterocycles. The molecular weight excluding hydrogens is 220 g/mol. The van der Waals surface area contributed by atoms with Gasteiger partial charge < -0.3 is 11.1 Å². The summed E-state index contributed by atoms with van der Waals surface area (Å²) in [5.41, 5.74) is 5.81. The number of hydrogen-bond donors (Lipinski definition) is 2. The molecule has 2 atom stereocenters. The van der Waals surface area contributed by atoms with Gasteiger partial charge in [0.1, 0.15) is 0 Å². The Balaban J connectivity index is 2.45. The van der Waals surface area contributed by atoms with Gasteiger partial charge in [0, 0.05) is 4.88 Å². The van der Waals surface area contributed by atoms with E-state index in [1.54, 1.807) is 11.3 Å². The minimum atomic E-state index is -0.401. The first-order valence-corrected chi connectivity index (χ1v) is 6.48. The van der Waals surface area contributed by atoms with Gasteiger partial charge in [0.05, 0.1) is 12.1 Å². The van der Waals surface area contributed by atoms with E-state index in [2.05, 4.69) is 19.2 Å². The Morgan fingerprint density at radius 3 is 2.69 bits per heavy atom. The molecule has 2 unspecified atom stereocenters. The van der Waals surface area contributed by atoms with E-state index in [4.69, 9.17) is 5.73 Å². The number of nitrogens with one attached hydrogen (secondary N) is 1. The van der Waals surface area contributed by atoms with Gasteiger partial charge in [-0.1, -0.05) is 19.9 Å². The molecule has 3 N–H and O–H groups in total. The molecule has 0 aromatic carbocycles. The van der Waals surface area contributed by atoms with Gasteiger partial charge in [-0.15, -0.1) is 11.3 Å². The van der Waals surface area contributed by atoms with Gasteiger partial charge in [0.15, 0.2) is 0 Å². The summed E-state index contributed by atoms with van der Waals surface area (Å²) in [5.74, 6) is 0.382. The molecule has 0 spiro atoms. The summed E-state index contributed by atoms with van der Waals surface area (Å²) < 4.78 is 0. The number of rotatable bonds is 5. The second-order valence-corrected chi connectivity index (χ2v) is 5.46. The van der Waals surface area contributed by atoms with Gasteiger partial charge in [-0.05, 0) is 30.7 Å². The average Bonchev–Trinajstić information content (AvgIpc) is 2.68. The summed E-state index contributed by atoms with van der Waals surface area (Å²) >= 11 is 1.64. The lowest BCUT2D eigenvalue weighted by atomic mass is 10.0. The Bertz CT molecular complexity index is 322. The molecule has 0 aliphatic rings. The number of hydrogen-bond acceptors (Lipinski definition) is 3. The van der Waals surface area contributed by atoms with Crippen LogP contribution >= 0.6 is 11.3 Å². The van der Waals surface area contributed by atoms with Crippen molar-refractivity contribution < 1.29 is 4.79 Å². The first-order chi connectivity index (χ1) is 7.50. The molecular formula is C12H20N2OS. The summed E-state index contributed by atoms with van der Waals surface area (Å²) in [7, 11) is 0. The van der Waals surface area contributed by atoms with Crippen molar-refractivity contribution in [3.05, 3.63) is 22.4 Å². The summed E-state index contributed by atoms with van der Waals surface area (Å²) in [6.45, 7) is 6.11. The van der Waals surface area contributed by atoms with Crippen LogP contribution in [0.1, 0.15) is 38.1 Å². The Hall–Kier alpha value is -0.870. The summed E-state index contributed by atoms with van der Waals surface area (Å²) in [6, 6.07) is 3.65. The van der Waals surface area contributed by atoms with Crippen LogP contribution in [0.25, 0.3) is 0 Å². The highest BCUT2D eigenvalue weighted by Gasteiger charge is 2.17. The quantitative estimate of drug-likeness (QED) is 0.829. The van der Waals surface area contributed by atoms with Crippen LogP contribution < -0.4 is 11.1 Å². The van der Waals surface area contributed by atoms with E-state index in [9.17, 15) is 4.79 Å². The fourth-order valence-electron chi connectivity index (χ4n) is 1.54. The van der Waals surface area contributed by atoms with E-state index >= 15 is 0 Å². The van der Waals surface area contributed by atoms with E-state index in [-0.39, 0.29) is 11.9 Å². The summed E-state index contributed by atoms with van der Waals surface area (Å²) in [6.07, 6.45) is 0.725. The van der Waals surface area contributed by atoms with Crippen LogP contribution in [0.4, 0.5) is 0 Å². The lowest BCUT2D eigenvalue weighted by Gasteiger charge is -2.17. The van der Waals surface area contributed by atoms with E-state index in [1.165, 1.54) is 0 Å². The lowest BCUT2D eigenvalue weighted by molar-refractivity contribution is -0.123. The van der Waals surface area contributed by atoms with Crippen molar-refractivity contribution >= 4 is 17.2 Å². The lowest BCUT2D eigenvalue weighted by Crippen LogP contribution is -2.42. The van der Waals surface area contributed by atoms with Gasteiger partial charge in [0.2, 0.25) is 5.91 Å². The van der Waals surface area contributed by atoms with E-state index in [0.717, 1.165) is 11.3 Å². The van der Waals surface area contributed by atoms with Gasteiger partial charge in [0.25, 0.3) is 0 Å². The molecule has 1 aromatic heterocycles. The van der Waals surface area contributed by atoms with Gasteiger partial charge in [-0.2, -0.15) is 0 Å². The molecule has 4 heteroatoms. The Kier molecular flexibility index (Phi) is 4.96. The van der Waals surface area contributed by atoms with Gasteiger partial charge in [-0.3, -0.25) is 4.79 Å². The topological polar surface area (TPSA) is 55.1 Å². The molecule has 1 aromatic rings. The third kappa shape index (κ3) is 3.94. The van der Waals surface area contributed by atoms with Crippen LogP contribution in [-0.2, 0) is 4.79 Å². The molecule has 0 aliphatic carbocycles. The zero-order valence-electron chi connectivity index (χ0n) is 10.1. The predicted octanol–water partition coefficient (Wildman–Crippen LogP) is 2.30. The first-order valence-electron chi connectivity index (χ1n) is 5.60. The minimum absolute atomic E-state index is 0.0470. The van der Waals surface area contributed by atoms with Crippen molar-refractivity contribution in [1.29, 1.82) is 0 Å². The second-order valence-electron chi connectivity index (χ2n) is 4.48. The fourth-order valence-corrected chi connectivity index (χ4v) is 2.28. The third-order valence-corrected chi connectivity index (χ3v) is 3.45. The molecule has 0 saturated carbocycles. The van der Waals surface area contributed by atoms with Crippen molar-refractivity contribution in [2.24, 2.45) is 11.7 Å². The molecule has 0 radical (unpaired) electrons. The maximum Gasteiger partial charge on any atom is 0.237 e. The maximum atomic E-state index is 11.8. The zero-order valence-corrected chi connectivity index (χ0v) is 10.9.